The van der Waals surface area contributed by atoms with Crippen molar-refractivity contribution in [2.75, 3.05) is 0 Å². The molecule has 0 fully saturated rings. The molecule has 5 nitrogen and oxygen atoms in total. The maximum Gasteiger partial charge on any atom is 0.347 e. The fraction of sp³-hybridized carbons (Fsp3) is 0.389. The number of benzene rings is 1. The molecule has 128 valence electrons. The van der Waals surface area contributed by atoms with Gasteiger partial charge in [-0.25, -0.2) is 9.78 Å². The first-order chi connectivity index (χ1) is 11.4. The van der Waals surface area contributed by atoms with Crippen molar-refractivity contribution in [3.05, 3.63) is 51.5 Å². The first-order valence-electron chi connectivity index (χ1n) is 8.00. The van der Waals surface area contributed by atoms with Gasteiger partial charge in [-0.2, -0.15) is 0 Å². The van der Waals surface area contributed by atoms with Crippen molar-refractivity contribution in [1.82, 2.24) is 10.3 Å². The standard InChI is InChI=1S/C18H22N2O3S/c1-4-8-14(13-9-6-5-7-10-13)16(21)19-12(3)17-20-11(2)15(24-17)18(22)23/h5-7,9-10,12,14H,4,8H2,1-3H3,(H,19,21)(H,22,23). The number of aromatic nitrogens is 1. The third-order valence-electron chi connectivity index (χ3n) is 3.83. The topological polar surface area (TPSA) is 79.3 Å². The maximum absolute atomic E-state index is 12.7. The minimum atomic E-state index is -0.983. The second-order valence-electron chi connectivity index (χ2n) is 5.75. The summed E-state index contributed by atoms with van der Waals surface area (Å²) in [5, 5.41) is 12.7. The molecule has 1 aromatic carbocycles. The number of aromatic carboxylic acids is 1. The fourth-order valence-corrected chi connectivity index (χ4v) is 3.51. The van der Waals surface area contributed by atoms with Crippen LogP contribution in [0.25, 0.3) is 0 Å². The predicted molar refractivity (Wildman–Crippen MR) is 94.5 cm³/mol. The Bertz CT molecular complexity index is 712. The van der Waals surface area contributed by atoms with Crippen molar-refractivity contribution in [3.8, 4) is 0 Å². The number of nitrogens with zero attached hydrogens (tertiary/aromatic N) is 1. The Kier molecular flexibility index (Phi) is 6.09. The Hall–Kier alpha value is -2.21. The molecule has 0 aliphatic heterocycles. The minimum absolute atomic E-state index is 0.0553. The number of carbonyl (C=O) groups is 2. The summed E-state index contributed by atoms with van der Waals surface area (Å²) in [6, 6.07) is 9.38. The molecule has 2 atom stereocenters. The number of carboxylic acid groups (broad SMARTS) is 1. The summed E-state index contributed by atoms with van der Waals surface area (Å²) < 4.78 is 0. The number of carboxylic acids is 1. The van der Waals surface area contributed by atoms with E-state index in [1.54, 1.807) is 6.92 Å². The van der Waals surface area contributed by atoms with E-state index in [-0.39, 0.29) is 22.7 Å². The summed E-state index contributed by atoms with van der Waals surface area (Å²) >= 11 is 1.11. The fourth-order valence-electron chi connectivity index (χ4n) is 2.60. The quantitative estimate of drug-likeness (QED) is 0.796. The minimum Gasteiger partial charge on any atom is -0.477 e. The van der Waals surface area contributed by atoms with E-state index in [0.717, 1.165) is 29.7 Å². The summed E-state index contributed by atoms with van der Waals surface area (Å²) in [6.45, 7) is 5.55. The van der Waals surface area contributed by atoms with Crippen LogP contribution in [0.2, 0.25) is 0 Å². The van der Waals surface area contributed by atoms with Gasteiger partial charge in [0.2, 0.25) is 5.91 Å². The molecular weight excluding hydrogens is 324 g/mol. The number of hydrogen-bond donors (Lipinski definition) is 2. The molecule has 0 bridgehead atoms. The lowest BCUT2D eigenvalue weighted by molar-refractivity contribution is -0.123. The number of thiazole rings is 1. The van der Waals surface area contributed by atoms with E-state index in [1.165, 1.54) is 0 Å². The molecule has 2 aromatic rings. The number of amides is 1. The zero-order valence-corrected chi connectivity index (χ0v) is 14.9. The molecule has 0 spiro atoms. The summed E-state index contributed by atoms with van der Waals surface area (Å²) in [5.41, 5.74) is 1.47. The van der Waals surface area contributed by atoms with Crippen LogP contribution in [0.1, 0.15) is 64.6 Å². The number of carbonyl (C=O) groups excluding carboxylic acids is 1. The molecule has 0 saturated heterocycles. The molecule has 0 aliphatic carbocycles. The van der Waals surface area contributed by atoms with Crippen molar-refractivity contribution in [3.63, 3.8) is 0 Å². The summed E-state index contributed by atoms with van der Waals surface area (Å²) in [7, 11) is 0. The normalized spacial score (nSPS) is 13.3. The summed E-state index contributed by atoms with van der Waals surface area (Å²) in [4.78, 5) is 28.3. The molecule has 0 saturated carbocycles. The van der Waals surface area contributed by atoms with Crippen LogP contribution in [-0.2, 0) is 4.79 Å². The molecule has 6 heteroatoms. The molecule has 1 heterocycles. The number of aryl methyl sites for hydroxylation is 1. The van der Waals surface area contributed by atoms with Gasteiger partial charge in [-0.05, 0) is 25.8 Å². The molecular formula is C18H22N2O3S. The van der Waals surface area contributed by atoms with E-state index >= 15 is 0 Å². The monoisotopic (exact) mass is 346 g/mol. The lowest BCUT2D eigenvalue weighted by Crippen LogP contribution is -2.31. The Labute approximate surface area is 145 Å². The number of hydrogen-bond acceptors (Lipinski definition) is 4. The highest BCUT2D eigenvalue weighted by Gasteiger charge is 2.24. The molecule has 1 amide bonds. The highest BCUT2D eigenvalue weighted by atomic mass is 32.1. The molecule has 24 heavy (non-hydrogen) atoms. The van der Waals surface area contributed by atoms with Gasteiger partial charge in [0.25, 0.3) is 0 Å². The average molecular weight is 346 g/mol. The van der Waals surface area contributed by atoms with E-state index in [1.807, 2.05) is 37.3 Å². The summed E-state index contributed by atoms with van der Waals surface area (Å²) in [5.74, 6) is -1.25. The molecule has 2 N–H and O–H groups in total. The lowest BCUT2D eigenvalue weighted by Gasteiger charge is -2.19. The largest absolute Gasteiger partial charge is 0.477 e. The molecule has 0 aliphatic rings. The zero-order valence-electron chi connectivity index (χ0n) is 14.1. The van der Waals surface area contributed by atoms with Gasteiger partial charge in [-0.3, -0.25) is 4.79 Å². The van der Waals surface area contributed by atoms with E-state index in [4.69, 9.17) is 5.11 Å². The van der Waals surface area contributed by atoms with Gasteiger partial charge in [-0.15, -0.1) is 11.3 Å². The van der Waals surface area contributed by atoms with Crippen molar-refractivity contribution in [1.29, 1.82) is 0 Å². The zero-order chi connectivity index (χ0) is 17.7. The van der Waals surface area contributed by atoms with Crippen molar-refractivity contribution in [2.24, 2.45) is 0 Å². The number of nitrogens with one attached hydrogen (secondary N) is 1. The van der Waals surface area contributed by atoms with Gasteiger partial charge < -0.3 is 10.4 Å². The van der Waals surface area contributed by atoms with Crippen LogP contribution in [0, 0.1) is 6.92 Å². The smallest absolute Gasteiger partial charge is 0.347 e. The van der Waals surface area contributed by atoms with Crippen molar-refractivity contribution < 1.29 is 14.7 Å². The second-order valence-corrected chi connectivity index (χ2v) is 6.78. The Morgan fingerprint density at radius 1 is 1.29 bits per heavy atom. The Morgan fingerprint density at radius 2 is 1.96 bits per heavy atom. The highest BCUT2D eigenvalue weighted by molar-refractivity contribution is 7.13. The van der Waals surface area contributed by atoms with Gasteiger partial charge in [0.05, 0.1) is 17.7 Å². The van der Waals surface area contributed by atoms with Crippen LogP contribution in [0.5, 0.6) is 0 Å². The van der Waals surface area contributed by atoms with Gasteiger partial charge in [0.1, 0.15) is 9.88 Å². The first kappa shape index (κ1) is 18.1. The molecule has 2 rings (SSSR count). The highest BCUT2D eigenvalue weighted by Crippen LogP contribution is 2.26. The van der Waals surface area contributed by atoms with Crippen molar-refractivity contribution >= 4 is 23.2 Å². The van der Waals surface area contributed by atoms with E-state index in [2.05, 4.69) is 17.2 Å². The lowest BCUT2D eigenvalue weighted by atomic mass is 9.93. The average Bonchev–Trinajstić information content (AvgIpc) is 2.95. The molecule has 2 unspecified atom stereocenters. The summed E-state index contributed by atoms with van der Waals surface area (Å²) in [6.07, 6.45) is 1.67. The van der Waals surface area contributed by atoms with Gasteiger partial charge in [-0.1, -0.05) is 43.7 Å². The van der Waals surface area contributed by atoms with Crippen molar-refractivity contribution in [2.45, 2.75) is 45.6 Å². The number of rotatable bonds is 7. The van der Waals surface area contributed by atoms with E-state index < -0.39 is 5.97 Å². The van der Waals surface area contributed by atoms with Crippen LogP contribution in [0.4, 0.5) is 0 Å². The van der Waals surface area contributed by atoms with Crippen LogP contribution in [-0.4, -0.2) is 22.0 Å². The second kappa shape index (κ2) is 8.06. The van der Waals surface area contributed by atoms with Crippen LogP contribution in [0.3, 0.4) is 0 Å². The van der Waals surface area contributed by atoms with Gasteiger partial charge in [0, 0.05) is 0 Å². The van der Waals surface area contributed by atoms with Crippen LogP contribution in [0.15, 0.2) is 30.3 Å². The van der Waals surface area contributed by atoms with Gasteiger partial charge in [0.15, 0.2) is 0 Å². The first-order valence-corrected chi connectivity index (χ1v) is 8.81. The Morgan fingerprint density at radius 3 is 2.50 bits per heavy atom. The predicted octanol–water partition coefficient (Wildman–Crippen LogP) is 3.91. The molecule has 0 radical (unpaired) electrons. The Balaban J connectivity index is 2.14. The SMILES string of the molecule is CCCC(C(=O)NC(C)c1nc(C)c(C(=O)O)s1)c1ccccc1. The third-order valence-corrected chi connectivity index (χ3v) is 5.16. The van der Waals surface area contributed by atoms with Crippen LogP contribution < -0.4 is 5.32 Å². The van der Waals surface area contributed by atoms with Crippen LogP contribution >= 0.6 is 11.3 Å². The third kappa shape index (κ3) is 4.20. The maximum atomic E-state index is 12.7. The van der Waals surface area contributed by atoms with Gasteiger partial charge >= 0.3 is 5.97 Å². The van der Waals surface area contributed by atoms with E-state index in [0.29, 0.717) is 10.7 Å². The van der Waals surface area contributed by atoms with E-state index in [9.17, 15) is 9.59 Å². The molecule has 1 aromatic heterocycles.